The third-order valence-corrected chi connectivity index (χ3v) is 1.04. The van der Waals surface area contributed by atoms with Gasteiger partial charge in [0.1, 0.15) is 6.10 Å². The summed E-state index contributed by atoms with van der Waals surface area (Å²) in [6.45, 7) is 0.954. The molecule has 0 heterocycles. The molecule has 2 atom stereocenters. The van der Waals surface area contributed by atoms with Crippen molar-refractivity contribution in [2.45, 2.75) is 18.8 Å². The van der Waals surface area contributed by atoms with Crippen molar-refractivity contribution in [2.75, 3.05) is 0 Å². The van der Waals surface area contributed by atoms with Crippen molar-refractivity contribution < 1.29 is 20.1 Å². The Morgan fingerprint density at radius 1 is 1.70 bits per heavy atom. The Morgan fingerprint density at radius 3 is 2.10 bits per heavy atom. The van der Waals surface area contributed by atoms with Crippen LogP contribution in [0.4, 0.5) is 0 Å². The van der Waals surface area contributed by atoms with Crippen LogP contribution in [0.5, 0.6) is 0 Å². The van der Waals surface area contributed by atoms with Crippen LogP contribution >= 0.6 is 0 Å². The van der Waals surface area contributed by atoms with Crippen molar-refractivity contribution in [3.05, 3.63) is 4.91 Å². The second kappa shape index (κ2) is 2.72. The summed E-state index contributed by atoms with van der Waals surface area (Å²) in [7, 11) is 0. The summed E-state index contributed by atoms with van der Waals surface area (Å²) >= 11 is 0. The Labute approximate surface area is 56.1 Å². The lowest BCUT2D eigenvalue weighted by atomic mass is 10.1. The molecule has 0 aliphatic rings. The summed E-state index contributed by atoms with van der Waals surface area (Å²) < 4.78 is 0. The van der Waals surface area contributed by atoms with Crippen molar-refractivity contribution in [3.8, 4) is 0 Å². The predicted octanol–water partition coefficient (Wildman–Crippen LogP) is -1.09. The van der Waals surface area contributed by atoms with E-state index in [1.807, 2.05) is 5.18 Å². The number of rotatable bonds is 3. The van der Waals surface area contributed by atoms with Gasteiger partial charge in [-0.2, -0.15) is 0 Å². The van der Waals surface area contributed by atoms with Gasteiger partial charge in [-0.25, -0.2) is 4.79 Å². The molecular formula is C4H7NO5. The molecule has 0 radical (unpaired) electrons. The van der Waals surface area contributed by atoms with Gasteiger partial charge in [-0.1, -0.05) is 0 Å². The normalized spacial score (nSPS) is 19.1. The van der Waals surface area contributed by atoms with E-state index in [0.29, 0.717) is 0 Å². The van der Waals surface area contributed by atoms with Crippen LogP contribution in [0.3, 0.4) is 0 Å². The molecule has 2 unspecified atom stereocenters. The molecule has 0 aliphatic heterocycles. The second-order valence-corrected chi connectivity index (χ2v) is 1.80. The number of nitroso groups, excluding NO2 is 1. The zero-order valence-electron chi connectivity index (χ0n) is 5.18. The fourth-order valence-electron chi connectivity index (χ4n) is 0.294. The van der Waals surface area contributed by atoms with Gasteiger partial charge < -0.3 is 15.3 Å². The Hall–Kier alpha value is -1.01. The monoisotopic (exact) mass is 149 g/mol. The Kier molecular flexibility index (Phi) is 2.44. The maximum atomic E-state index is 9.99. The van der Waals surface area contributed by atoms with Crippen molar-refractivity contribution in [1.29, 1.82) is 0 Å². The van der Waals surface area contributed by atoms with Gasteiger partial charge in [0.25, 0.3) is 0 Å². The molecule has 0 spiro atoms. The number of aliphatic hydroxyl groups excluding tert-OH is 1. The van der Waals surface area contributed by atoms with Crippen LogP contribution in [0.2, 0.25) is 0 Å². The molecule has 3 N–H and O–H groups in total. The molecule has 0 saturated carbocycles. The van der Waals surface area contributed by atoms with E-state index >= 15 is 0 Å². The summed E-state index contributed by atoms with van der Waals surface area (Å²) in [6.07, 6.45) is -1.72. The molecule has 58 valence electrons. The molecule has 0 aromatic heterocycles. The third kappa shape index (κ3) is 1.28. The smallest absolute Gasteiger partial charge is 0.365 e. The minimum Gasteiger partial charge on any atom is -0.477 e. The number of carboxylic acids is 1. The highest BCUT2D eigenvalue weighted by molar-refractivity contribution is 5.77. The van der Waals surface area contributed by atoms with E-state index in [1.165, 1.54) is 0 Å². The van der Waals surface area contributed by atoms with Crippen LogP contribution in [0.15, 0.2) is 5.18 Å². The SMILES string of the molecule is CC(O)C(O)(N=O)C(=O)O. The number of carboxylic acid groups (broad SMARTS) is 1. The maximum absolute atomic E-state index is 9.99. The molecule has 0 aromatic rings. The first kappa shape index (κ1) is 8.99. The highest BCUT2D eigenvalue weighted by Crippen LogP contribution is 2.11. The molecule has 0 saturated heterocycles. The Bertz CT molecular complexity index is 156. The first-order chi connectivity index (χ1) is 4.45. The maximum Gasteiger partial charge on any atom is 0.365 e. The molecule has 0 rings (SSSR count). The first-order valence-electron chi connectivity index (χ1n) is 2.43. The Balaban J connectivity index is 4.54. The van der Waals surface area contributed by atoms with Crippen LogP contribution in [0.1, 0.15) is 6.92 Å². The summed E-state index contributed by atoms with van der Waals surface area (Å²) in [5.41, 5.74) is -2.92. The first-order valence-corrected chi connectivity index (χ1v) is 2.43. The van der Waals surface area contributed by atoms with Gasteiger partial charge in [-0.3, -0.25) is 0 Å². The van der Waals surface area contributed by atoms with Crippen molar-refractivity contribution >= 4 is 5.97 Å². The summed E-state index contributed by atoms with van der Waals surface area (Å²) in [5, 5.41) is 27.1. The van der Waals surface area contributed by atoms with E-state index in [-0.39, 0.29) is 0 Å². The lowest BCUT2D eigenvalue weighted by Gasteiger charge is -2.16. The molecular weight excluding hydrogens is 142 g/mol. The van der Waals surface area contributed by atoms with E-state index in [9.17, 15) is 9.70 Å². The van der Waals surface area contributed by atoms with Gasteiger partial charge in [0.2, 0.25) is 0 Å². The van der Waals surface area contributed by atoms with E-state index in [0.717, 1.165) is 6.92 Å². The summed E-state index contributed by atoms with van der Waals surface area (Å²) in [5.74, 6) is -1.86. The van der Waals surface area contributed by atoms with E-state index in [1.54, 1.807) is 0 Å². The summed E-state index contributed by atoms with van der Waals surface area (Å²) in [4.78, 5) is 19.7. The van der Waals surface area contributed by atoms with Gasteiger partial charge in [0.05, 0.1) is 0 Å². The van der Waals surface area contributed by atoms with Gasteiger partial charge >= 0.3 is 11.7 Å². The van der Waals surface area contributed by atoms with Gasteiger partial charge in [0.15, 0.2) is 0 Å². The fraction of sp³-hybridized carbons (Fsp3) is 0.750. The fourth-order valence-corrected chi connectivity index (χ4v) is 0.294. The topological polar surface area (TPSA) is 107 Å². The zero-order valence-corrected chi connectivity index (χ0v) is 5.18. The molecule has 0 aromatic carbocycles. The minimum atomic E-state index is -2.92. The molecule has 6 nitrogen and oxygen atoms in total. The molecule has 10 heavy (non-hydrogen) atoms. The predicted molar refractivity (Wildman–Crippen MR) is 30.1 cm³/mol. The number of aliphatic carboxylic acids is 1. The van der Waals surface area contributed by atoms with Crippen molar-refractivity contribution in [2.24, 2.45) is 5.18 Å². The van der Waals surface area contributed by atoms with Gasteiger partial charge in [-0.05, 0) is 12.1 Å². The number of hydrogen-bond acceptors (Lipinski definition) is 5. The van der Waals surface area contributed by atoms with E-state index in [4.69, 9.17) is 15.3 Å². The molecule has 0 amide bonds. The van der Waals surface area contributed by atoms with Gasteiger partial charge in [0, 0.05) is 0 Å². The number of carbonyl (C=O) groups is 1. The minimum absolute atomic E-state index is 0.954. The highest BCUT2D eigenvalue weighted by atomic mass is 16.5. The molecule has 6 heteroatoms. The van der Waals surface area contributed by atoms with Crippen LogP contribution in [-0.4, -0.2) is 33.1 Å². The summed E-state index contributed by atoms with van der Waals surface area (Å²) in [6, 6.07) is 0. The zero-order chi connectivity index (χ0) is 8.36. The Morgan fingerprint density at radius 2 is 2.10 bits per heavy atom. The highest BCUT2D eigenvalue weighted by Gasteiger charge is 2.43. The van der Waals surface area contributed by atoms with E-state index in [2.05, 4.69) is 0 Å². The third-order valence-electron chi connectivity index (χ3n) is 1.04. The van der Waals surface area contributed by atoms with Crippen molar-refractivity contribution in [3.63, 3.8) is 0 Å². The second-order valence-electron chi connectivity index (χ2n) is 1.80. The number of nitrogens with zero attached hydrogens (tertiary/aromatic N) is 1. The van der Waals surface area contributed by atoms with Crippen LogP contribution in [0.25, 0.3) is 0 Å². The average Bonchev–Trinajstić information content (AvgIpc) is 1.85. The van der Waals surface area contributed by atoms with Crippen LogP contribution in [0, 0.1) is 4.91 Å². The molecule has 0 fully saturated rings. The average molecular weight is 149 g/mol. The molecule has 0 aliphatic carbocycles. The largest absolute Gasteiger partial charge is 0.477 e. The van der Waals surface area contributed by atoms with Crippen LogP contribution in [-0.2, 0) is 4.79 Å². The lowest BCUT2D eigenvalue weighted by molar-refractivity contribution is -0.168. The molecule has 0 bridgehead atoms. The van der Waals surface area contributed by atoms with Gasteiger partial charge in [-0.15, -0.1) is 4.91 Å². The quantitative estimate of drug-likeness (QED) is 0.442. The lowest BCUT2D eigenvalue weighted by Crippen LogP contribution is -2.45. The number of hydrogen-bond donors (Lipinski definition) is 3. The standard InChI is InChI=1S/C4H7NO5/c1-2(6)4(9,5-10)3(7)8/h2,6,9H,1H3,(H,7,8). The van der Waals surface area contributed by atoms with Crippen LogP contribution < -0.4 is 0 Å². The van der Waals surface area contributed by atoms with E-state index < -0.39 is 17.8 Å². The van der Waals surface area contributed by atoms with Crippen molar-refractivity contribution in [1.82, 2.24) is 0 Å². The number of aliphatic hydroxyl groups is 2.